The van der Waals surface area contributed by atoms with Crippen molar-refractivity contribution in [2.24, 2.45) is 0 Å². The number of hydrogen-bond acceptors (Lipinski definition) is 6. The van der Waals surface area contributed by atoms with Gasteiger partial charge in [0, 0.05) is 0 Å². The standard InChI is InChI=1S/C9H11N5O3S/c15-6-7-3-1-2-4-8(7)18(16,17)10-5-9-11-13-14-12-9/h1-4,10,15H,5-6H2,(H,11,12,13,14). The van der Waals surface area contributed by atoms with Crippen molar-refractivity contribution < 1.29 is 13.5 Å². The van der Waals surface area contributed by atoms with Gasteiger partial charge in [-0.05, 0) is 11.6 Å². The van der Waals surface area contributed by atoms with Gasteiger partial charge >= 0.3 is 0 Å². The number of aliphatic hydroxyl groups excluding tert-OH is 1. The number of sulfonamides is 1. The molecule has 2 aromatic rings. The number of benzene rings is 1. The highest BCUT2D eigenvalue weighted by molar-refractivity contribution is 7.89. The highest BCUT2D eigenvalue weighted by Gasteiger charge is 2.17. The SMILES string of the molecule is O=S(=O)(NCc1nn[nH]n1)c1ccccc1CO. The second-order valence-corrected chi connectivity index (χ2v) is 5.15. The summed E-state index contributed by atoms with van der Waals surface area (Å²) in [5, 5.41) is 21.9. The fourth-order valence-electron chi connectivity index (χ4n) is 1.39. The Bertz CT molecular complexity index is 611. The van der Waals surface area contributed by atoms with E-state index in [4.69, 9.17) is 5.11 Å². The molecular formula is C9H11N5O3S. The summed E-state index contributed by atoms with van der Waals surface area (Å²) in [6.07, 6.45) is 0. The number of rotatable bonds is 5. The number of aliphatic hydroxyl groups is 1. The normalized spacial score (nSPS) is 11.6. The summed E-state index contributed by atoms with van der Waals surface area (Å²) in [6, 6.07) is 6.21. The Balaban J connectivity index is 2.20. The highest BCUT2D eigenvalue weighted by atomic mass is 32.2. The zero-order chi connectivity index (χ0) is 13.0. The van der Waals surface area contributed by atoms with E-state index in [2.05, 4.69) is 25.3 Å². The molecular weight excluding hydrogens is 258 g/mol. The van der Waals surface area contributed by atoms with Gasteiger partial charge in [0.1, 0.15) is 0 Å². The molecule has 0 fully saturated rings. The fourth-order valence-corrected chi connectivity index (χ4v) is 2.60. The predicted molar refractivity (Wildman–Crippen MR) is 60.6 cm³/mol. The fraction of sp³-hybridized carbons (Fsp3) is 0.222. The molecule has 3 N–H and O–H groups in total. The van der Waals surface area contributed by atoms with Crippen LogP contribution in [0.25, 0.3) is 0 Å². The molecule has 1 aromatic heterocycles. The molecule has 0 aliphatic heterocycles. The first kappa shape index (κ1) is 12.6. The first-order valence-corrected chi connectivity index (χ1v) is 6.52. The molecule has 0 aliphatic rings. The minimum atomic E-state index is -3.71. The van der Waals surface area contributed by atoms with E-state index in [1.54, 1.807) is 18.2 Å². The number of H-pyrrole nitrogens is 1. The molecule has 2 rings (SSSR count). The van der Waals surface area contributed by atoms with Crippen LogP contribution in [0.15, 0.2) is 29.2 Å². The molecule has 0 spiro atoms. The summed E-state index contributed by atoms with van der Waals surface area (Å²) in [4.78, 5) is 0.0380. The second kappa shape index (κ2) is 5.21. The van der Waals surface area contributed by atoms with Crippen LogP contribution in [-0.4, -0.2) is 34.1 Å². The van der Waals surface area contributed by atoms with Gasteiger partial charge in [0.25, 0.3) is 0 Å². The van der Waals surface area contributed by atoms with E-state index in [-0.39, 0.29) is 23.9 Å². The van der Waals surface area contributed by atoms with Crippen LogP contribution in [0.3, 0.4) is 0 Å². The van der Waals surface area contributed by atoms with Crippen molar-refractivity contribution in [3.05, 3.63) is 35.7 Å². The van der Waals surface area contributed by atoms with E-state index < -0.39 is 10.0 Å². The van der Waals surface area contributed by atoms with E-state index in [1.807, 2.05) is 0 Å². The third-order valence-electron chi connectivity index (χ3n) is 2.24. The second-order valence-electron chi connectivity index (χ2n) is 3.42. The van der Waals surface area contributed by atoms with Crippen molar-refractivity contribution in [1.29, 1.82) is 0 Å². The molecule has 0 atom stereocenters. The lowest BCUT2D eigenvalue weighted by atomic mass is 10.2. The molecule has 0 saturated carbocycles. The molecule has 0 unspecified atom stereocenters. The lowest BCUT2D eigenvalue weighted by Gasteiger charge is -2.08. The van der Waals surface area contributed by atoms with Crippen LogP contribution in [0.1, 0.15) is 11.4 Å². The zero-order valence-electron chi connectivity index (χ0n) is 9.24. The van der Waals surface area contributed by atoms with Gasteiger partial charge in [0.05, 0.1) is 18.0 Å². The minimum Gasteiger partial charge on any atom is -0.392 e. The Morgan fingerprint density at radius 1 is 1.33 bits per heavy atom. The molecule has 1 heterocycles. The van der Waals surface area contributed by atoms with Crippen molar-refractivity contribution in [2.45, 2.75) is 18.0 Å². The van der Waals surface area contributed by atoms with Crippen LogP contribution >= 0.6 is 0 Å². The lowest BCUT2D eigenvalue weighted by molar-refractivity contribution is 0.278. The third-order valence-corrected chi connectivity index (χ3v) is 3.74. The summed E-state index contributed by atoms with van der Waals surface area (Å²) >= 11 is 0. The summed E-state index contributed by atoms with van der Waals surface area (Å²) in [5.74, 6) is 0.236. The summed E-state index contributed by atoms with van der Waals surface area (Å²) in [6.45, 7) is -0.419. The topological polar surface area (TPSA) is 121 Å². The average molecular weight is 269 g/mol. The van der Waals surface area contributed by atoms with Gasteiger partial charge in [0.2, 0.25) is 10.0 Å². The largest absolute Gasteiger partial charge is 0.392 e. The Kier molecular flexibility index (Phi) is 3.65. The average Bonchev–Trinajstić information content (AvgIpc) is 2.89. The molecule has 1 aromatic carbocycles. The first-order chi connectivity index (χ1) is 8.63. The van der Waals surface area contributed by atoms with Crippen LogP contribution in [0.2, 0.25) is 0 Å². The van der Waals surface area contributed by atoms with Gasteiger partial charge in [-0.1, -0.05) is 23.4 Å². The van der Waals surface area contributed by atoms with Crippen molar-refractivity contribution in [2.75, 3.05) is 0 Å². The number of nitrogens with zero attached hydrogens (tertiary/aromatic N) is 3. The number of nitrogens with one attached hydrogen (secondary N) is 2. The molecule has 18 heavy (non-hydrogen) atoms. The first-order valence-electron chi connectivity index (χ1n) is 5.04. The van der Waals surface area contributed by atoms with Crippen molar-refractivity contribution in [3.8, 4) is 0 Å². The quantitative estimate of drug-likeness (QED) is 0.651. The maximum Gasteiger partial charge on any atom is 0.241 e. The number of aromatic amines is 1. The molecule has 0 radical (unpaired) electrons. The van der Waals surface area contributed by atoms with Crippen LogP contribution < -0.4 is 4.72 Å². The highest BCUT2D eigenvalue weighted by Crippen LogP contribution is 2.15. The number of aromatic nitrogens is 4. The van der Waals surface area contributed by atoms with E-state index in [1.165, 1.54) is 6.07 Å². The Labute approximate surface area is 103 Å². The monoisotopic (exact) mass is 269 g/mol. The Morgan fingerprint density at radius 3 is 2.78 bits per heavy atom. The Hall–Kier alpha value is -1.84. The lowest BCUT2D eigenvalue weighted by Crippen LogP contribution is -2.25. The maximum atomic E-state index is 12.0. The zero-order valence-corrected chi connectivity index (χ0v) is 10.1. The van der Waals surface area contributed by atoms with Crippen LogP contribution in [0.5, 0.6) is 0 Å². The van der Waals surface area contributed by atoms with Gasteiger partial charge in [-0.25, -0.2) is 13.1 Å². The van der Waals surface area contributed by atoms with E-state index in [0.717, 1.165) is 0 Å². The van der Waals surface area contributed by atoms with Crippen molar-refractivity contribution in [1.82, 2.24) is 25.3 Å². The van der Waals surface area contributed by atoms with Crippen LogP contribution in [0, 0.1) is 0 Å². The summed E-state index contributed by atoms with van der Waals surface area (Å²) in [7, 11) is -3.71. The molecule has 0 saturated heterocycles. The molecule has 8 nitrogen and oxygen atoms in total. The van der Waals surface area contributed by atoms with Gasteiger partial charge in [0.15, 0.2) is 5.82 Å². The van der Waals surface area contributed by atoms with Crippen LogP contribution in [-0.2, 0) is 23.2 Å². The van der Waals surface area contributed by atoms with Crippen LogP contribution in [0.4, 0.5) is 0 Å². The Morgan fingerprint density at radius 2 is 2.11 bits per heavy atom. The molecule has 96 valence electrons. The van der Waals surface area contributed by atoms with Gasteiger partial charge in [-0.15, -0.1) is 10.2 Å². The number of hydrogen-bond donors (Lipinski definition) is 3. The molecule has 0 bridgehead atoms. The summed E-state index contributed by atoms with van der Waals surface area (Å²) in [5.41, 5.74) is 0.332. The smallest absolute Gasteiger partial charge is 0.241 e. The maximum absolute atomic E-state index is 12.0. The van der Waals surface area contributed by atoms with Gasteiger partial charge in [-0.2, -0.15) is 5.21 Å². The van der Waals surface area contributed by atoms with Gasteiger partial charge < -0.3 is 5.11 Å². The molecule has 0 aliphatic carbocycles. The summed E-state index contributed by atoms with van der Waals surface area (Å²) < 4.78 is 26.3. The van der Waals surface area contributed by atoms with E-state index >= 15 is 0 Å². The minimum absolute atomic E-state index is 0.0380. The van der Waals surface area contributed by atoms with E-state index in [9.17, 15) is 8.42 Å². The van der Waals surface area contributed by atoms with Crippen molar-refractivity contribution >= 4 is 10.0 Å². The molecule has 9 heteroatoms. The van der Waals surface area contributed by atoms with E-state index in [0.29, 0.717) is 5.56 Å². The number of tetrazole rings is 1. The predicted octanol–water partition coefficient (Wildman–Crippen LogP) is -0.830. The van der Waals surface area contributed by atoms with Gasteiger partial charge in [-0.3, -0.25) is 0 Å². The molecule has 0 amide bonds. The third kappa shape index (κ3) is 2.70. The van der Waals surface area contributed by atoms with Crippen molar-refractivity contribution in [3.63, 3.8) is 0 Å².